The topological polar surface area (TPSA) is 73.9 Å². The van der Waals surface area contributed by atoms with E-state index in [0.29, 0.717) is 0 Å². The van der Waals surface area contributed by atoms with Gasteiger partial charge in [0.1, 0.15) is 5.82 Å². The first kappa shape index (κ1) is 15.0. The van der Waals surface area contributed by atoms with Crippen LogP contribution in [0.1, 0.15) is 35.4 Å². The Morgan fingerprint density at radius 3 is 2.81 bits per heavy atom. The summed E-state index contributed by atoms with van der Waals surface area (Å²) in [6.45, 7) is 4.09. The first-order valence-corrected chi connectivity index (χ1v) is 7.02. The van der Waals surface area contributed by atoms with Crippen LogP contribution in [0.5, 0.6) is 0 Å². The molecular formula is C15H21N5O. The number of hydrogen-bond donors (Lipinski definition) is 2. The molecule has 0 fully saturated rings. The van der Waals surface area contributed by atoms with E-state index in [9.17, 15) is 4.79 Å². The van der Waals surface area contributed by atoms with Crippen molar-refractivity contribution < 1.29 is 4.79 Å². The van der Waals surface area contributed by atoms with Crippen LogP contribution in [0.15, 0.2) is 18.2 Å². The van der Waals surface area contributed by atoms with Crippen molar-refractivity contribution in [3.8, 4) is 0 Å². The fraction of sp³-hybridized carbons (Fsp3) is 0.400. The fourth-order valence-corrected chi connectivity index (χ4v) is 2.10. The maximum atomic E-state index is 12.1. The summed E-state index contributed by atoms with van der Waals surface area (Å²) in [5.74, 6) is 0.605. The van der Waals surface area contributed by atoms with E-state index in [1.807, 2.05) is 44.1 Å². The van der Waals surface area contributed by atoms with Gasteiger partial charge >= 0.3 is 0 Å². The Morgan fingerprint density at radius 2 is 2.14 bits per heavy atom. The zero-order valence-electron chi connectivity index (χ0n) is 12.9. The average molecular weight is 287 g/mol. The maximum Gasteiger partial charge on any atom is 0.295 e. The Balaban J connectivity index is 2.13. The lowest BCUT2D eigenvalue weighted by molar-refractivity contribution is 0.101. The van der Waals surface area contributed by atoms with Gasteiger partial charge in [-0.25, -0.2) is 4.98 Å². The van der Waals surface area contributed by atoms with Crippen LogP contribution < -0.4 is 10.2 Å². The van der Waals surface area contributed by atoms with Gasteiger partial charge in [0, 0.05) is 31.9 Å². The number of nitrogens with one attached hydrogen (secondary N) is 2. The lowest BCUT2D eigenvalue weighted by Gasteiger charge is -2.16. The van der Waals surface area contributed by atoms with Gasteiger partial charge in [0.25, 0.3) is 5.91 Å². The molecule has 0 radical (unpaired) electrons. The van der Waals surface area contributed by atoms with Crippen LogP contribution in [0.25, 0.3) is 0 Å². The molecule has 6 heteroatoms. The number of hydrogen-bond acceptors (Lipinski definition) is 4. The van der Waals surface area contributed by atoms with Crippen LogP contribution in [-0.2, 0) is 6.42 Å². The molecule has 0 unspecified atom stereocenters. The lowest BCUT2D eigenvalue weighted by atomic mass is 10.1. The van der Waals surface area contributed by atoms with Gasteiger partial charge in [0.2, 0.25) is 5.82 Å². The molecule has 0 saturated carbocycles. The van der Waals surface area contributed by atoms with E-state index in [1.165, 1.54) is 0 Å². The van der Waals surface area contributed by atoms with E-state index in [-0.39, 0.29) is 11.7 Å². The molecule has 112 valence electrons. The van der Waals surface area contributed by atoms with Gasteiger partial charge < -0.3 is 10.2 Å². The van der Waals surface area contributed by atoms with Crippen molar-refractivity contribution in [2.75, 3.05) is 24.3 Å². The van der Waals surface area contributed by atoms with Crippen molar-refractivity contribution in [2.24, 2.45) is 0 Å². The molecule has 0 bridgehead atoms. The minimum absolute atomic E-state index is 0.172. The highest BCUT2D eigenvalue weighted by atomic mass is 16.2. The third kappa shape index (κ3) is 3.59. The van der Waals surface area contributed by atoms with Gasteiger partial charge in [-0.3, -0.25) is 9.89 Å². The van der Waals surface area contributed by atoms with E-state index in [0.717, 1.165) is 35.6 Å². The molecule has 21 heavy (non-hydrogen) atoms. The molecule has 0 spiro atoms. The van der Waals surface area contributed by atoms with Crippen LogP contribution in [-0.4, -0.2) is 35.2 Å². The monoisotopic (exact) mass is 287 g/mol. The second-order valence-electron chi connectivity index (χ2n) is 5.21. The Morgan fingerprint density at radius 1 is 1.38 bits per heavy atom. The highest BCUT2D eigenvalue weighted by molar-refractivity contribution is 6.01. The zero-order valence-corrected chi connectivity index (χ0v) is 12.9. The summed E-state index contributed by atoms with van der Waals surface area (Å²) in [5.41, 5.74) is 2.95. The molecule has 2 N–H and O–H groups in total. The second kappa shape index (κ2) is 6.39. The number of benzene rings is 1. The van der Waals surface area contributed by atoms with E-state index in [2.05, 4.69) is 27.4 Å². The standard InChI is InChI=1S/C15H21N5O/c1-5-6-13-17-14(19-18-13)15(21)16-11-8-7-10(2)12(9-11)20(3)4/h7-9H,5-6H2,1-4H3,(H,16,21)(H,17,18,19). The first-order valence-electron chi connectivity index (χ1n) is 7.02. The minimum atomic E-state index is -0.304. The molecular weight excluding hydrogens is 266 g/mol. The highest BCUT2D eigenvalue weighted by Crippen LogP contribution is 2.22. The summed E-state index contributed by atoms with van der Waals surface area (Å²) in [4.78, 5) is 18.3. The van der Waals surface area contributed by atoms with Gasteiger partial charge in [-0.1, -0.05) is 13.0 Å². The number of aryl methyl sites for hydroxylation is 2. The maximum absolute atomic E-state index is 12.1. The molecule has 0 atom stereocenters. The van der Waals surface area contributed by atoms with Crippen LogP contribution in [0.4, 0.5) is 11.4 Å². The first-order chi connectivity index (χ1) is 10.0. The largest absolute Gasteiger partial charge is 0.377 e. The molecule has 1 aromatic carbocycles. The summed E-state index contributed by atoms with van der Waals surface area (Å²) < 4.78 is 0. The van der Waals surface area contributed by atoms with Crippen LogP contribution >= 0.6 is 0 Å². The highest BCUT2D eigenvalue weighted by Gasteiger charge is 2.13. The summed E-state index contributed by atoms with van der Waals surface area (Å²) in [7, 11) is 3.94. The third-order valence-electron chi connectivity index (χ3n) is 3.17. The SMILES string of the molecule is CCCc1nc(C(=O)Nc2ccc(C)c(N(C)C)c2)n[nH]1. The summed E-state index contributed by atoms with van der Waals surface area (Å²) >= 11 is 0. The van der Waals surface area contributed by atoms with Crippen molar-refractivity contribution in [1.29, 1.82) is 0 Å². The van der Waals surface area contributed by atoms with Gasteiger partial charge in [-0.15, -0.1) is 5.10 Å². The molecule has 0 saturated heterocycles. The summed E-state index contributed by atoms with van der Waals surface area (Å²) in [6.07, 6.45) is 1.75. The number of H-pyrrole nitrogens is 1. The molecule has 2 aromatic rings. The summed E-state index contributed by atoms with van der Waals surface area (Å²) in [6, 6.07) is 5.79. The molecule has 0 aliphatic heterocycles. The predicted octanol–water partition coefficient (Wildman–Crippen LogP) is 2.38. The van der Waals surface area contributed by atoms with Gasteiger partial charge in [-0.05, 0) is 31.0 Å². The van der Waals surface area contributed by atoms with E-state index in [4.69, 9.17) is 0 Å². The van der Waals surface area contributed by atoms with Crippen molar-refractivity contribution in [3.05, 3.63) is 35.4 Å². The number of anilines is 2. The van der Waals surface area contributed by atoms with Crippen LogP contribution in [0, 0.1) is 6.92 Å². The normalized spacial score (nSPS) is 10.5. The Hall–Kier alpha value is -2.37. The second-order valence-corrected chi connectivity index (χ2v) is 5.21. The smallest absolute Gasteiger partial charge is 0.295 e. The Bertz CT molecular complexity index is 633. The summed E-state index contributed by atoms with van der Waals surface area (Å²) in [5, 5.41) is 9.55. The Kier molecular flexibility index (Phi) is 4.57. The molecule has 0 aliphatic carbocycles. The van der Waals surface area contributed by atoms with Gasteiger partial charge in [0.05, 0.1) is 0 Å². The van der Waals surface area contributed by atoms with Crippen LogP contribution in [0.2, 0.25) is 0 Å². The molecule has 1 aromatic heterocycles. The average Bonchev–Trinajstić information content (AvgIpc) is 2.90. The van der Waals surface area contributed by atoms with E-state index < -0.39 is 0 Å². The van der Waals surface area contributed by atoms with Gasteiger partial charge in [-0.2, -0.15) is 0 Å². The number of rotatable bonds is 5. The number of carbonyl (C=O) groups is 1. The third-order valence-corrected chi connectivity index (χ3v) is 3.17. The van der Waals surface area contributed by atoms with E-state index in [1.54, 1.807) is 0 Å². The predicted molar refractivity (Wildman–Crippen MR) is 83.8 cm³/mol. The quantitative estimate of drug-likeness (QED) is 0.885. The van der Waals surface area contributed by atoms with Crippen LogP contribution in [0.3, 0.4) is 0 Å². The van der Waals surface area contributed by atoms with Crippen molar-refractivity contribution >= 4 is 17.3 Å². The number of carbonyl (C=O) groups excluding carboxylic acids is 1. The molecule has 6 nitrogen and oxygen atoms in total. The molecule has 2 rings (SSSR count). The number of aromatic amines is 1. The Labute approximate surface area is 124 Å². The minimum Gasteiger partial charge on any atom is -0.377 e. The fourth-order valence-electron chi connectivity index (χ4n) is 2.10. The van der Waals surface area contributed by atoms with Crippen molar-refractivity contribution in [2.45, 2.75) is 26.7 Å². The van der Waals surface area contributed by atoms with Crippen molar-refractivity contribution in [1.82, 2.24) is 15.2 Å². The number of nitrogens with zero attached hydrogens (tertiary/aromatic N) is 3. The van der Waals surface area contributed by atoms with Gasteiger partial charge in [0.15, 0.2) is 0 Å². The lowest BCUT2D eigenvalue weighted by Crippen LogP contribution is -2.15. The molecule has 1 heterocycles. The molecule has 0 aliphatic rings. The zero-order chi connectivity index (χ0) is 15.4. The van der Waals surface area contributed by atoms with Crippen molar-refractivity contribution in [3.63, 3.8) is 0 Å². The van der Waals surface area contributed by atoms with E-state index >= 15 is 0 Å². The number of aromatic nitrogens is 3. The number of amides is 1. The molecule has 1 amide bonds.